The van der Waals surface area contributed by atoms with E-state index in [1.807, 2.05) is 18.2 Å². The molecule has 1 heterocycles. The molecule has 3 N–H and O–H groups in total. The Morgan fingerprint density at radius 3 is 2.64 bits per heavy atom. The molecule has 4 heteroatoms. The van der Waals surface area contributed by atoms with Gasteiger partial charge in [-0.25, -0.2) is 9.82 Å². The Morgan fingerprint density at radius 2 is 1.82 bits per heavy atom. The van der Waals surface area contributed by atoms with Crippen molar-refractivity contribution in [2.75, 3.05) is 19.6 Å². The lowest BCUT2D eigenvalue weighted by Crippen LogP contribution is -2.30. The zero-order valence-corrected chi connectivity index (χ0v) is 12.6. The predicted octanol–water partition coefficient (Wildman–Crippen LogP) is 2.42. The predicted molar refractivity (Wildman–Crippen MR) is 86.8 cm³/mol. The molecule has 0 radical (unpaired) electrons. The maximum Gasteiger partial charge on any atom is 0.126 e. The number of hydrogen-bond donors (Lipinski definition) is 3. The van der Waals surface area contributed by atoms with Crippen LogP contribution in [0.15, 0.2) is 54.6 Å². The first-order valence-corrected chi connectivity index (χ1v) is 7.82. The first kappa shape index (κ1) is 15.2. The van der Waals surface area contributed by atoms with Crippen molar-refractivity contribution in [3.8, 4) is 0 Å². The maximum atomic E-state index is 13.6. The van der Waals surface area contributed by atoms with E-state index in [0.29, 0.717) is 12.0 Å². The maximum absolute atomic E-state index is 13.6. The summed E-state index contributed by atoms with van der Waals surface area (Å²) in [6.45, 7) is 2.64. The molecule has 1 aliphatic rings. The van der Waals surface area contributed by atoms with Crippen molar-refractivity contribution in [1.29, 1.82) is 0 Å². The highest BCUT2D eigenvalue weighted by Crippen LogP contribution is 2.23. The Bertz CT molecular complexity index is 588. The SMILES string of the molecule is Fc1ccccc1CCNCC1CNNC1c1ccccc1. The van der Waals surface area contributed by atoms with E-state index in [4.69, 9.17) is 0 Å². The van der Waals surface area contributed by atoms with Crippen molar-refractivity contribution in [2.24, 2.45) is 5.92 Å². The van der Waals surface area contributed by atoms with Crippen LogP contribution in [0, 0.1) is 11.7 Å². The number of nitrogens with one attached hydrogen (secondary N) is 3. The van der Waals surface area contributed by atoms with Crippen LogP contribution in [0.4, 0.5) is 4.39 Å². The lowest BCUT2D eigenvalue weighted by molar-refractivity contribution is 0.442. The van der Waals surface area contributed by atoms with Gasteiger partial charge in [-0.3, -0.25) is 5.43 Å². The fourth-order valence-corrected chi connectivity index (χ4v) is 2.95. The van der Waals surface area contributed by atoms with E-state index in [9.17, 15) is 4.39 Å². The number of benzene rings is 2. The van der Waals surface area contributed by atoms with Crippen LogP contribution in [0.2, 0.25) is 0 Å². The van der Waals surface area contributed by atoms with Gasteiger partial charge in [0.15, 0.2) is 0 Å². The van der Waals surface area contributed by atoms with Crippen LogP contribution in [0.3, 0.4) is 0 Å². The summed E-state index contributed by atoms with van der Waals surface area (Å²) >= 11 is 0. The van der Waals surface area contributed by atoms with Gasteiger partial charge in [0.05, 0.1) is 6.04 Å². The Kier molecular flexibility index (Phi) is 5.16. The van der Waals surface area contributed by atoms with Gasteiger partial charge in [0, 0.05) is 19.0 Å². The van der Waals surface area contributed by atoms with Gasteiger partial charge in [-0.15, -0.1) is 0 Å². The smallest absolute Gasteiger partial charge is 0.126 e. The Hall–Kier alpha value is -1.75. The zero-order valence-electron chi connectivity index (χ0n) is 12.6. The average molecular weight is 299 g/mol. The van der Waals surface area contributed by atoms with Gasteiger partial charge < -0.3 is 5.32 Å². The van der Waals surface area contributed by atoms with Crippen molar-refractivity contribution in [1.82, 2.24) is 16.2 Å². The van der Waals surface area contributed by atoms with Crippen LogP contribution in [-0.2, 0) is 6.42 Å². The fraction of sp³-hybridized carbons (Fsp3) is 0.333. The van der Waals surface area contributed by atoms with E-state index in [2.05, 4.69) is 40.4 Å². The molecule has 0 spiro atoms. The lowest BCUT2D eigenvalue weighted by Gasteiger charge is -2.19. The van der Waals surface area contributed by atoms with Crippen molar-refractivity contribution < 1.29 is 4.39 Å². The molecule has 1 aliphatic heterocycles. The first-order valence-electron chi connectivity index (χ1n) is 7.82. The van der Waals surface area contributed by atoms with Gasteiger partial charge >= 0.3 is 0 Å². The number of rotatable bonds is 6. The summed E-state index contributed by atoms with van der Waals surface area (Å²) in [6, 6.07) is 17.8. The van der Waals surface area contributed by atoms with Crippen molar-refractivity contribution in [3.05, 3.63) is 71.5 Å². The summed E-state index contributed by atoms with van der Waals surface area (Å²) in [7, 11) is 0. The molecule has 0 aromatic heterocycles. The summed E-state index contributed by atoms with van der Waals surface area (Å²) in [4.78, 5) is 0. The minimum absolute atomic E-state index is 0.115. The highest BCUT2D eigenvalue weighted by atomic mass is 19.1. The van der Waals surface area contributed by atoms with Crippen LogP contribution in [0.1, 0.15) is 17.2 Å². The largest absolute Gasteiger partial charge is 0.316 e. The third-order valence-corrected chi connectivity index (χ3v) is 4.19. The third-order valence-electron chi connectivity index (χ3n) is 4.19. The summed E-state index contributed by atoms with van der Waals surface area (Å²) < 4.78 is 13.6. The van der Waals surface area contributed by atoms with Crippen molar-refractivity contribution in [2.45, 2.75) is 12.5 Å². The topological polar surface area (TPSA) is 36.1 Å². The molecule has 0 saturated carbocycles. The molecular formula is C18H22FN3. The second-order valence-electron chi connectivity index (χ2n) is 5.72. The van der Waals surface area contributed by atoms with Gasteiger partial charge in [0.2, 0.25) is 0 Å². The summed E-state index contributed by atoms with van der Waals surface area (Å²) in [6.07, 6.45) is 0.719. The van der Waals surface area contributed by atoms with E-state index in [1.54, 1.807) is 6.07 Å². The molecular weight excluding hydrogens is 277 g/mol. The monoisotopic (exact) mass is 299 g/mol. The van der Waals surface area contributed by atoms with Crippen LogP contribution < -0.4 is 16.2 Å². The quantitative estimate of drug-likeness (QED) is 0.717. The van der Waals surface area contributed by atoms with Crippen molar-refractivity contribution in [3.63, 3.8) is 0 Å². The Labute approximate surface area is 130 Å². The minimum Gasteiger partial charge on any atom is -0.316 e. The number of hydrazine groups is 1. The van der Waals surface area contributed by atoms with Crippen LogP contribution in [-0.4, -0.2) is 19.6 Å². The molecule has 2 atom stereocenters. The second-order valence-corrected chi connectivity index (χ2v) is 5.72. The molecule has 3 nitrogen and oxygen atoms in total. The van der Waals surface area contributed by atoms with Crippen LogP contribution in [0.5, 0.6) is 0 Å². The summed E-state index contributed by atoms with van der Waals surface area (Å²) in [5.41, 5.74) is 8.65. The number of hydrogen-bond acceptors (Lipinski definition) is 3. The molecule has 1 saturated heterocycles. The molecule has 1 fully saturated rings. The molecule has 116 valence electrons. The molecule has 2 aromatic rings. The normalized spacial score (nSPS) is 21.1. The van der Waals surface area contributed by atoms with Gasteiger partial charge in [0.25, 0.3) is 0 Å². The summed E-state index contributed by atoms with van der Waals surface area (Å²) in [5, 5.41) is 3.46. The first-order chi connectivity index (χ1) is 10.8. The average Bonchev–Trinajstić information content (AvgIpc) is 3.02. The summed E-state index contributed by atoms with van der Waals surface area (Å²) in [5.74, 6) is 0.374. The van der Waals surface area contributed by atoms with Gasteiger partial charge in [-0.05, 0) is 30.2 Å². The zero-order chi connectivity index (χ0) is 15.2. The lowest BCUT2D eigenvalue weighted by atomic mass is 9.95. The van der Waals surface area contributed by atoms with Gasteiger partial charge in [-0.2, -0.15) is 0 Å². The molecule has 3 rings (SSSR count). The van der Waals surface area contributed by atoms with Gasteiger partial charge in [-0.1, -0.05) is 48.5 Å². The highest BCUT2D eigenvalue weighted by molar-refractivity contribution is 5.21. The molecule has 22 heavy (non-hydrogen) atoms. The Balaban J connectivity index is 1.48. The highest BCUT2D eigenvalue weighted by Gasteiger charge is 2.27. The van der Waals surface area contributed by atoms with Crippen LogP contribution >= 0.6 is 0 Å². The standard InChI is InChI=1S/C18H22FN3/c19-17-9-5-4-6-14(17)10-11-20-12-16-13-21-22-18(16)15-7-2-1-3-8-15/h1-9,16,18,20-22H,10-13H2. The minimum atomic E-state index is -0.115. The molecule has 0 aliphatic carbocycles. The third kappa shape index (κ3) is 3.71. The van der Waals surface area contributed by atoms with Crippen molar-refractivity contribution >= 4 is 0 Å². The van der Waals surface area contributed by atoms with E-state index in [0.717, 1.165) is 31.6 Å². The number of halogens is 1. The molecule has 0 bridgehead atoms. The van der Waals surface area contributed by atoms with Crippen LogP contribution in [0.25, 0.3) is 0 Å². The molecule has 0 amide bonds. The fourth-order valence-electron chi connectivity index (χ4n) is 2.95. The van der Waals surface area contributed by atoms with E-state index >= 15 is 0 Å². The van der Waals surface area contributed by atoms with E-state index < -0.39 is 0 Å². The Morgan fingerprint density at radius 1 is 1.05 bits per heavy atom. The molecule has 2 unspecified atom stereocenters. The van der Waals surface area contributed by atoms with E-state index in [-0.39, 0.29) is 5.82 Å². The van der Waals surface area contributed by atoms with E-state index in [1.165, 1.54) is 11.6 Å². The van der Waals surface area contributed by atoms with Gasteiger partial charge in [0.1, 0.15) is 5.82 Å². The molecule has 2 aromatic carbocycles. The second kappa shape index (κ2) is 7.49.